The second-order valence-corrected chi connectivity index (χ2v) is 5.88. The molecule has 0 saturated heterocycles. The lowest BCUT2D eigenvalue weighted by atomic mass is 9.83. The summed E-state index contributed by atoms with van der Waals surface area (Å²) in [5.41, 5.74) is 0.798. The summed E-state index contributed by atoms with van der Waals surface area (Å²) < 4.78 is 0. The van der Waals surface area contributed by atoms with E-state index in [1.165, 1.54) is 25.7 Å². The third kappa shape index (κ3) is 3.63. The number of nitrogens with one attached hydrogen (secondary N) is 1. The predicted octanol–water partition coefficient (Wildman–Crippen LogP) is 4.28. The highest BCUT2D eigenvalue weighted by Crippen LogP contribution is 2.29. The fourth-order valence-corrected chi connectivity index (χ4v) is 2.93. The third-order valence-electron chi connectivity index (χ3n) is 3.94. The number of rotatable bonds is 4. The van der Waals surface area contributed by atoms with E-state index in [1.807, 2.05) is 0 Å². The van der Waals surface area contributed by atoms with E-state index < -0.39 is 5.97 Å². The van der Waals surface area contributed by atoms with E-state index in [2.05, 4.69) is 12.2 Å². The second kappa shape index (κ2) is 6.29. The van der Waals surface area contributed by atoms with Gasteiger partial charge < -0.3 is 10.4 Å². The Morgan fingerprint density at radius 3 is 2.68 bits per heavy atom. The van der Waals surface area contributed by atoms with Crippen LogP contribution in [0.1, 0.15) is 43.0 Å². The van der Waals surface area contributed by atoms with E-state index in [0.29, 0.717) is 11.6 Å². The first-order valence-electron chi connectivity index (χ1n) is 6.83. The largest absolute Gasteiger partial charge is 0.478 e. The average molecular weight is 282 g/mol. The lowest BCUT2D eigenvalue weighted by Gasteiger charge is -2.26. The molecule has 0 atom stereocenters. The van der Waals surface area contributed by atoms with Gasteiger partial charge in [-0.15, -0.1) is 0 Å². The molecule has 2 rings (SSSR count). The fourth-order valence-electron chi connectivity index (χ4n) is 2.68. The molecule has 1 aromatic rings. The molecular formula is C15H20ClNO2. The normalized spacial score (nSPS) is 23.1. The Balaban J connectivity index is 2.00. The molecule has 0 aliphatic heterocycles. The molecule has 0 unspecified atom stereocenters. The smallest absolute Gasteiger partial charge is 0.339 e. The SMILES string of the molecule is CC1CCC(CNc2cccc(Cl)c2C(=O)O)CC1. The van der Waals surface area contributed by atoms with Crippen molar-refractivity contribution in [3.63, 3.8) is 0 Å². The quantitative estimate of drug-likeness (QED) is 0.866. The van der Waals surface area contributed by atoms with Gasteiger partial charge in [-0.2, -0.15) is 0 Å². The number of carboxylic acids is 1. The van der Waals surface area contributed by atoms with Crippen molar-refractivity contribution in [1.82, 2.24) is 0 Å². The second-order valence-electron chi connectivity index (χ2n) is 5.47. The summed E-state index contributed by atoms with van der Waals surface area (Å²) in [5.74, 6) is 0.485. The molecule has 3 nitrogen and oxygen atoms in total. The van der Waals surface area contributed by atoms with Crippen molar-refractivity contribution in [3.05, 3.63) is 28.8 Å². The van der Waals surface area contributed by atoms with Gasteiger partial charge in [-0.05, 0) is 36.8 Å². The van der Waals surface area contributed by atoms with Crippen LogP contribution in [0, 0.1) is 11.8 Å². The highest BCUT2D eigenvalue weighted by Gasteiger charge is 2.19. The van der Waals surface area contributed by atoms with Crippen LogP contribution in [0.3, 0.4) is 0 Å². The van der Waals surface area contributed by atoms with Gasteiger partial charge in [0.15, 0.2) is 0 Å². The van der Waals surface area contributed by atoms with Gasteiger partial charge >= 0.3 is 5.97 Å². The Morgan fingerprint density at radius 1 is 1.37 bits per heavy atom. The molecule has 19 heavy (non-hydrogen) atoms. The standard InChI is InChI=1S/C15H20ClNO2/c1-10-5-7-11(8-6-10)9-17-13-4-2-3-12(16)14(13)15(18)19/h2-4,10-11,17H,5-9H2,1H3,(H,18,19). The molecule has 1 aliphatic rings. The van der Waals surface area contributed by atoms with Crippen LogP contribution < -0.4 is 5.32 Å². The maximum atomic E-state index is 11.2. The number of benzene rings is 1. The Kier molecular flexibility index (Phi) is 4.70. The van der Waals surface area contributed by atoms with Crippen LogP contribution in [0.25, 0.3) is 0 Å². The molecular weight excluding hydrogens is 262 g/mol. The van der Waals surface area contributed by atoms with Crippen LogP contribution in [0.5, 0.6) is 0 Å². The van der Waals surface area contributed by atoms with E-state index in [0.717, 1.165) is 12.5 Å². The zero-order valence-corrected chi connectivity index (χ0v) is 11.9. The summed E-state index contributed by atoms with van der Waals surface area (Å²) in [6, 6.07) is 5.17. The monoisotopic (exact) mass is 281 g/mol. The van der Waals surface area contributed by atoms with E-state index in [1.54, 1.807) is 18.2 Å². The minimum Gasteiger partial charge on any atom is -0.478 e. The van der Waals surface area contributed by atoms with Gasteiger partial charge in [0.2, 0.25) is 0 Å². The maximum absolute atomic E-state index is 11.2. The van der Waals surface area contributed by atoms with Gasteiger partial charge in [0.1, 0.15) is 5.56 Å². The number of aromatic carboxylic acids is 1. The van der Waals surface area contributed by atoms with Gasteiger partial charge in [-0.25, -0.2) is 4.79 Å². The van der Waals surface area contributed by atoms with Crippen LogP contribution in [-0.4, -0.2) is 17.6 Å². The lowest BCUT2D eigenvalue weighted by molar-refractivity contribution is 0.0698. The van der Waals surface area contributed by atoms with Crippen LogP contribution in [0.4, 0.5) is 5.69 Å². The molecule has 0 aromatic heterocycles. The van der Waals surface area contributed by atoms with Crippen molar-refractivity contribution >= 4 is 23.3 Å². The van der Waals surface area contributed by atoms with Crippen molar-refractivity contribution in [2.75, 3.05) is 11.9 Å². The molecule has 0 spiro atoms. The highest BCUT2D eigenvalue weighted by molar-refractivity contribution is 6.34. The number of carboxylic acid groups (broad SMARTS) is 1. The summed E-state index contributed by atoms with van der Waals surface area (Å²) >= 11 is 5.94. The molecule has 0 bridgehead atoms. The molecule has 2 N–H and O–H groups in total. The summed E-state index contributed by atoms with van der Waals surface area (Å²) in [6.45, 7) is 3.12. The first-order chi connectivity index (χ1) is 9.08. The molecule has 0 heterocycles. The van der Waals surface area contributed by atoms with Crippen molar-refractivity contribution < 1.29 is 9.90 Å². The zero-order valence-electron chi connectivity index (χ0n) is 11.2. The summed E-state index contributed by atoms with van der Waals surface area (Å²) in [6.07, 6.45) is 4.98. The first kappa shape index (κ1) is 14.2. The van der Waals surface area contributed by atoms with Crippen LogP contribution in [-0.2, 0) is 0 Å². The maximum Gasteiger partial charge on any atom is 0.339 e. The number of halogens is 1. The zero-order chi connectivity index (χ0) is 13.8. The average Bonchev–Trinajstić information content (AvgIpc) is 2.37. The van der Waals surface area contributed by atoms with Crippen LogP contribution in [0.2, 0.25) is 5.02 Å². The Morgan fingerprint density at radius 2 is 2.05 bits per heavy atom. The fraction of sp³-hybridized carbons (Fsp3) is 0.533. The van der Waals surface area contributed by atoms with E-state index in [4.69, 9.17) is 11.6 Å². The number of carbonyl (C=O) groups is 1. The predicted molar refractivity (Wildman–Crippen MR) is 78.0 cm³/mol. The minimum atomic E-state index is -0.981. The molecule has 0 amide bonds. The Labute approximate surface area is 119 Å². The van der Waals surface area contributed by atoms with Crippen molar-refractivity contribution in [2.45, 2.75) is 32.6 Å². The van der Waals surface area contributed by atoms with E-state index in [9.17, 15) is 9.90 Å². The molecule has 1 fully saturated rings. The molecule has 0 radical (unpaired) electrons. The molecule has 1 aromatic carbocycles. The van der Waals surface area contributed by atoms with Gasteiger partial charge in [0.25, 0.3) is 0 Å². The molecule has 4 heteroatoms. The minimum absolute atomic E-state index is 0.174. The van der Waals surface area contributed by atoms with Crippen molar-refractivity contribution in [3.8, 4) is 0 Å². The van der Waals surface area contributed by atoms with E-state index in [-0.39, 0.29) is 10.6 Å². The Hall–Kier alpha value is -1.22. The number of anilines is 1. The van der Waals surface area contributed by atoms with Crippen molar-refractivity contribution in [1.29, 1.82) is 0 Å². The summed E-state index contributed by atoms with van der Waals surface area (Å²) in [7, 11) is 0. The van der Waals surface area contributed by atoms with Crippen molar-refractivity contribution in [2.24, 2.45) is 11.8 Å². The van der Waals surface area contributed by atoms with Gasteiger partial charge in [0, 0.05) is 6.54 Å². The number of hydrogen-bond donors (Lipinski definition) is 2. The molecule has 104 valence electrons. The van der Waals surface area contributed by atoms with Gasteiger partial charge in [-0.3, -0.25) is 0 Å². The first-order valence-corrected chi connectivity index (χ1v) is 7.21. The lowest BCUT2D eigenvalue weighted by Crippen LogP contribution is -2.21. The van der Waals surface area contributed by atoms with Gasteiger partial charge in [-0.1, -0.05) is 37.4 Å². The number of hydrogen-bond acceptors (Lipinski definition) is 2. The topological polar surface area (TPSA) is 49.3 Å². The highest BCUT2D eigenvalue weighted by atomic mass is 35.5. The Bertz CT molecular complexity index is 453. The summed E-state index contributed by atoms with van der Waals surface area (Å²) in [4.78, 5) is 11.2. The van der Waals surface area contributed by atoms with Gasteiger partial charge in [0.05, 0.1) is 10.7 Å². The summed E-state index contributed by atoms with van der Waals surface area (Å²) in [5, 5.41) is 12.7. The van der Waals surface area contributed by atoms with Crippen LogP contribution >= 0.6 is 11.6 Å². The van der Waals surface area contributed by atoms with Crippen LogP contribution in [0.15, 0.2) is 18.2 Å². The molecule has 1 aliphatic carbocycles. The van der Waals surface area contributed by atoms with E-state index >= 15 is 0 Å². The molecule has 1 saturated carbocycles. The third-order valence-corrected chi connectivity index (χ3v) is 4.26.